The number of ether oxygens (including phenoxy) is 1. The van der Waals surface area contributed by atoms with E-state index in [4.69, 9.17) is 4.74 Å². The van der Waals surface area contributed by atoms with Crippen LogP contribution in [0.3, 0.4) is 0 Å². The summed E-state index contributed by atoms with van der Waals surface area (Å²) in [7, 11) is 0. The molecule has 2 rings (SSSR count). The molecule has 19 heavy (non-hydrogen) atoms. The van der Waals surface area contributed by atoms with Crippen molar-refractivity contribution in [2.24, 2.45) is 5.10 Å². The summed E-state index contributed by atoms with van der Waals surface area (Å²) in [4.78, 5) is 12.5. The van der Waals surface area contributed by atoms with Gasteiger partial charge in [-0.15, -0.1) is 11.3 Å². The zero-order valence-corrected chi connectivity index (χ0v) is 11.7. The van der Waals surface area contributed by atoms with Crippen molar-refractivity contribution in [2.75, 3.05) is 19.7 Å². The van der Waals surface area contributed by atoms with Gasteiger partial charge in [-0.2, -0.15) is 5.10 Å². The summed E-state index contributed by atoms with van der Waals surface area (Å²) in [5.41, 5.74) is -1.78. The molecule has 0 aromatic carbocycles. The van der Waals surface area contributed by atoms with Gasteiger partial charge in [-0.25, -0.2) is 4.79 Å². The van der Waals surface area contributed by atoms with Crippen molar-refractivity contribution in [3.05, 3.63) is 22.4 Å². The number of hydrogen-bond acceptors (Lipinski definition) is 6. The van der Waals surface area contributed by atoms with Crippen LogP contribution in [0.5, 0.6) is 0 Å². The van der Waals surface area contributed by atoms with Crippen LogP contribution in [0.25, 0.3) is 0 Å². The zero-order chi connectivity index (χ0) is 13.7. The molecule has 0 saturated carbocycles. The number of thiophene rings is 1. The molecule has 1 unspecified atom stereocenters. The van der Waals surface area contributed by atoms with Crippen LogP contribution in [-0.4, -0.2) is 42.0 Å². The highest BCUT2D eigenvalue weighted by atomic mass is 32.1. The molecule has 1 aromatic rings. The molecular formula is C13H18N2O3S. The van der Waals surface area contributed by atoms with E-state index in [0.717, 1.165) is 25.9 Å². The van der Waals surface area contributed by atoms with Crippen molar-refractivity contribution in [1.29, 1.82) is 0 Å². The van der Waals surface area contributed by atoms with Gasteiger partial charge in [-0.3, -0.25) is 5.01 Å². The van der Waals surface area contributed by atoms with Gasteiger partial charge in [0.25, 0.3) is 0 Å². The highest BCUT2D eigenvalue weighted by molar-refractivity contribution is 7.10. The van der Waals surface area contributed by atoms with Crippen LogP contribution in [-0.2, 0) is 15.1 Å². The lowest BCUT2D eigenvalue weighted by Gasteiger charge is -2.21. The van der Waals surface area contributed by atoms with Crippen LogP contribution < -0.4 is 0 Å². The molecular weight excluding hydrogens is 264 g/mol. The Labute approximate surface area is 116 Å². The van der Waals surface area contributed by atoms with Crippen LogP contribution in [0, 0.1) is 0 Å². The molecule has 5 nitrogen and oxygen atoms in total. The van der Waals surface area contributed by atoms with Crippen molar-refractivity contribution in [1.82, 2.24) is 5.01 Å². The molecule has 1 saturated heterocycles. The van der Waals surface area contributed by atoms with Crippen molar-refractivity contribution >= 4 is 23.5 Å². The van der Waals surface area contributed by atoms with Gasteiger partial charge in [0.2, 0.25) is 5.60 Å². The Hall–Kier alpha value is -1.40. The van der Waals surface area contributed by atoms with Gasteiger partial charge < -0.3 is 9.84 Å². The molecule has 104 valence electrons. The van der Waals surface area contributed by atoms with E-state index in [2.05, 4.69) is 5.10 Å². The third-order valence-electron chi connectivity index (χ3n) is 2.97. The SMILES string of the molecule is CCOC(=O)C(O)(/C=N/N1CCCC1)c1cccs1. The Morgan fingerprint density at radius 3 is 2.95 bits per heavy atom. The number of esters is 1. The summed E-state index contributed by atoms with van der Waals surface area (Å²) < 4.78 is 4.95. The lowest BCUT2D eigenvalue weighted by Crippen LogP contribution is -2.39. The number of hydrazone groups is 1. The molecule has 2 heterocycles. The maximum atomic E-state index is 12.0. The molecule has 6 heteroatoms. The Balaban J connectivity index is 2.21. The van der Waals surface area contributed by atoms with E-state index in [1.54, 1.807) is 19.1 Å². The minimum Gasteiger partial charge on any atom is -0.463 e. The molecule has 1 aliphatic rings. The molecule has 0 spiro atoms. The maximum Gasteiger partial charge on any atom is 0.349 e. The van der Waals surface area contributed by atoms with Crippen molar-refractivity contribution < 1.29 is 14.6 Å². The molecule has 1 fully saturated rings. The first-order valence-corrected chi connectivity index (χ1v) is 7.28. The molecule has 1 aromatic heterocycles. The van der Waals surface area contributed by atoms with E-state index in [1.807, 2.05) is 10.4 Å². The van der Waals surface area contributed by atoms with Gasteiger partial charge in [-0.05, 0) is 31.2 Å². The number of hydrogen-bond donors (Lipinski definition) is 1. The standard InChI is InChI=1S/C13H18N2O3S/c1-2-18-12(16)13(17,11-6-5-9-19-11)10-14-15-7-3-4-8-15/h5-6,9-10,17H,2-4,7-8H2,1H3/b14-10+. The second-order valence-corrected chi connectivity index (χ2v) is 5.32. The van der Waals surface area contributed by atoms with E-state index in [9.17, 15) is 9.90 Å². The second-order valence-electron chi connectivity index (χ2n) is 4.37. The number of aliphatic hydroxyl groups is 1. The van der Waals surface area contributed by atoms with Crippen LogP contribution in [0.4, 0.5) is 0 Å². The van der Waals surface area contributed by atoms with Crippen molar-refractivity contribution in [3.63, 3.8) is 0 Å². The summed E-state index contributed by atoms with van der Waals surface area (Å²) in [5, 5.41) is 18.5. The van der Waals surface area contributed by atoms with Crippen LogP contribution >= 0.6 is 11.3 Å². The Morgan fingerprint density at radius 2 is 2.37 bits per heavy atom. The largest absolute Gasteiger partial charge is 0.463 e. The van der Waals surface area contributed by atoms with E-state index >= 15 is 0 Å². The first kappa shape index (κ1) is 14.0. The van der Waals surface area contributed by atoms with E-state index < -0.39 is 11.6 Å². The zero-order valence-electron chi connectivity index (χ0n) is 10.9. The molecule has 0 bridgehead atoms. The Morgan fingerprint density at radius 1 is 1.63 bits per heavy atom. The third-order valence-corrected chi connectivity index (χ3v) is 3.97. The van der Waals surface area contributed by atoms with Crippen LogP contribution in [0.2, 0.25) is 0 Å². The van der Waals surface area contributed by atoms with E-state index in [0.29, 0.717) is 4.88 Å². The maximum absolute atomic E-state index is 12.0. The molecule has 1 atom stereocenters. The highest BCUT2D eigenvalue weighted by Gasteiger charge is 2.39. The fourth-order valence-electron chi connectivity index (χ4n) is 1.93. The van der Waals surface area contributed by atoms with Gasteiger partial charge >= 0.3 is 5.97 Å². The molecule has 1 aliphatic heterocycles. The summed E-state index contributed by atoms with van der Waals surface area (Å²) in [5.74, 6) is -0.680. The number of nitrogens with zero attached hydrogens (tertiary/aromatic N) is 2. The lowest BCUT2D eigenvalue weighted by atomic mass is 10.0. The van der Waals surface area contributed by atoms with Crippen molar-refractivity contribution in [2.45, 2.75) is 25.4 Å². The predicted octanol–water partition coefficient (Wildman–Crippen LogP) is 1.58. The quantitative estimate of drug-likeness (QED) is 0.658. The Bertz CT molecular complexity index is 441. The fourth-order valence-corrected chi connectivity index (χ4v) is 2.71. The first-order valence-electron chi connectivity index (χ1n) is 6.40. The van der Waals surface area contributed by atoms with E-state index in [1.165, 1.54) is 17.6 Å². The third kappa shape index (κ3) is 3.13. The highest BCUT2D eigenvalue weighted by Crippen LogP contribution is 2.26. The number of carbonyl (C=O) groups is 1. The second kappa shape index (κ2) is 6.16. The molecule has 0 aliphatic carbocycles. The van der Waals surface area contributed by atoms with Crippen LogP contribution in [0.15, 0.2) is 22.6 Å². The monoisotopic (exact) mass is 282 g/mol. The van der Waals surface area contributed by atoms with Gasteiger partial charge in [0, 0.05) is 13.1 Å². The normalized spacial score (nSPS) is 18.7. The molecule has 0 radical (unpaired) electrons. The smallest absolute Gasteiger partial charge is 0.349 e. The number of carbonyl (C=O) groups excluding carboxylic acids is 1. The average molecular weight is 282 g/mol. The average Bonchev–Trinajstić information content (AvgIpc) is 3.09. The minimum absolute atomic E-state index is 0.226. The summed E-state index contributed by atoms with van der Waals surface area (Å²) in [6.07, 6.45) is 3.48. The fraction of sp³-hybridized carbons (Fsp3) is 0.538. The minimum atomic E-state index is -1.78. The lowest BCUT2D eigenvalue weighted by molar-refractivity contribution is -0.158. The summed E-state index contributed by atoms with van der Waals surface area (Å²) in [6.45, 7) is 3.66. The molecule has 1 N–H and O–H groups in total. The summed E-state index contributed by atoms with van der Waals surface area (Å²) in [6, 6.07) is 3.49. The van der Waals surface area contributed by atoms with Gasteiger partial charge in [0.1, 0.15) is 0 Å². The van der Waals surface area contributed by atoms with Gasteiger partial charge in [-0.1, -0.05) is 6.07 Å². The van der Waals surface area contributed by atoms with Crippen molar-refractivity contribution in [3.8, 4) is 0 Å². The van der Waals surface area contributed by atoms with Gasteiger partial charge in [0.05, 0.1) is 17.7 Å². The van der Waals surface area contributed by atoms with Crippen LogP contribution in [0.1, 0.15) is 24.6 Å². The number of rotatable bonds is 5. The van der Waals surface area contributed by atoms with E-state index in [-0.39, 0.29) is 6.61 Å². The predicted molar refractivity (Wildman–Crippen MR) is 74.1 cm³/mol. The Kier molecular flexibility index (Phi) is 4.55. The topological polar surface area (TPSA) is 62.1 Å². The van der Waals surface area contributed by atoms with Gasteiger partial charge in [0.15, 0.2) is 0 Å². The first-order chi connectivity index (χ1) is 9.16. The molecule has 0 amide bonds. The summed E-state index contributed by atoms with van der Waals surface area (Å²) >= 11 is 1.31.